The maximum Gasteiger partial charge on any atom is 0.221 e. The normalized spacial score (nSPS) is 10.3. The number of aryl methyl sites for hydroxylation is 1. The molecular weight excluding hydrogens is 292 g/mol. The lowest BCUT2D eigenvalue weighted by Gasteiger charge is -2.17. The van der Waals surface area contributed by atoms with Crippen LogP contribution in [-0.4, -0.2) is 24.7 Å². The molecule has 0 aliphatic rings. The first kappa shape index (κ1) is 18.4. The number of hydrogen-bond donors (Lipinski definition) is 1. The summed E-state index contributed by atoms with van der Waals surface area (Å²) in [6, 6.07) is 7.54. The lowest BCUT2D eigenvalue weighted by molar-refractivity contribution is -0.122. The van der Waals surface area contributed by atoms with Crippen LogP contribution in [0.2, 0.25) is 0 Å². The lowest BCUT2D eigenvalue weighted by atomic mass is 10.1. The van der Waals surface area contributed by atoms with E-state index in [9.17, 15) is 4.79 Å². The van der Waals surface area contributed by atoms with Crippen molar-refractivity contribution >= 4 is 5.91 Å². The van der Waals surface area contributed by atoms with Crippen molar-refractivity contribution in [2.45, 2.75) is 39.2 Å². The van der Waals surface area contributed by atoms with Gasteiger partial charge in [0.15, 0.2) is 11.5 Å². The summed E-state index contributed by atoms with van der Waals surface area (Å²) in [4.78, 5) is 11.9. The first-order chi connectivity index (χ1) is 10.9. The minimum Gasteiger partial charge on any atom is -0.490 e. The molecular formula is C18H22N2O3. The summed E-state index contributed by atoms with van der Waals surface area (Å²) in [5, 5.41) is 11.6. The third kappa shape index (κ3) is 6.32. The minimum atomic E-state index is -0.861. The van der Waals surface area contributed by atoms with Crippen molar-refractivity contribution < 1.29 is 14.3 Å². The van der Waals surface area contributed by atoms with E-state index >= 15 is 0 Å². The van der Waals surface area contributed by atoms with Gasteiger partial charge in [-0.25, -0.2) is 0 Å². The van der Waals surface area contributed by atoms with Crippen molar-refractivity contribution in [3.05, 3.63) is 23.8 Å². The molecule has 0 aliphatic heterocycles. The van der Waals surface area contributed by atoms with Crippen LogP contribution in [-0.2, 0) is 11.2 Å². The van der Waals surface area contributed by atoms with Crippen LogP contribution in [0.3, 0.4) is 0 Å². The number of carbonyl (C=O) groups excluding carboxylic acids is 1. The predicted molar refractivity (Wildman–Crippen MR) is 88.1 cm³/mol. The smallest absolute Gasteiger partial charge is 0.221 e. The Morgan fingerprint density at radius 1 is 1.35 bits per heavy atom. The Hall–Kier alpha value is -2.66. The highest BCUT2D eigenvalue weighted by Crippen LogP contribution is 2.29. The maximum absolute atomic E-state index is 11.9. The molecule has 5 heteroatoms. The van der Waals surface area contributed by atoms with Crippen LogP contribution in [0.1, 0.15) is 32.8 Å². The minimum absolute atomic E-state index is 0.165. The summed E-state index contributed by atoms with van der Waals surface area (Å²) in [6.45, 7) is 5.89. The topological polar surface area (TPSA) is 71.3 Å². The first-order valence-corrected chi connectivity index (χ1v) is 7.46. The van der Waals surface area contributed by atoms with Gasteiger partial charge in [-0.2, -0.15) is 5.26 Å². The summed E-state index contributed by atoms with van der Waals surface area (Å²) in [5.74, 6) is 3.44. The number of amides is 1. The van der Waals surface area contributed by atoms with E-state index in [0.29, 0.717) is 30.9 Å². The molecule has 0 bridgehead atoms. The highest BCUT2D eigenvalue weighted by Gasteiger charge is 2.19. The van der Waals surface area contributed by atoms with E-state index in [1.807, 2.05) is 25.1 Å². The van der Waals surface area contributed by atoms with Crippen LogP contribution < -0.4 is 14.8 Å². The Morgan fingerprint density at radius 3 is 2.70 bits per heavy atom. The number of terminal acetylenes is 1. The molecule has 0 aliphatic carbocycles. The summed E-state index contributed by atoms with van der Waals surface area (Å²) < 4.78 is 11.0. The van der Waals surface area contributed by atoms with Gasteiger partial charge in [-0.1, -0.05) is 12.0 Å². The molecule has 1 amide bonds. The van der Waals surface area contributed by atoms with Gasteiger partial charge in [0.05, 0.1) is 12.7 Å². The molecule has 122 valence electrons. The van der Waals surface area contributed by atoms with E-state index in [-0.39, 0.29) is 12.5 Å². The number of nitrogens with zero attached hydrogens (tertiary/aromatic N) is 1. The van der Waals surface area contributed by atoms with Crippen LogP contribution in [0.4, 0.5) is 0 Å². The standard InChI is InChI=1S/C18H22N2O3/c1-5-11-23-15-9-7-14(12-16(15)22-6-2)8-10-17(21)20-18(3,4)13-19/h1,7,9,12H,6,8,10-11H2,2-4H3,(H,20,21). The van der Waals surface area contributed by atoms with E-state index in [2.05, 4.69) is 11.2 Å². The van der Waals surface area contributed by atoms with Gasteiger partial charge < -0.3 is 14.8 Å². The zero-order chi connectivity index (χ0) is 17.3. The van der Waals surface area contributed by atoms with Crippen LogP contribution in [0, 0.1) is 23.7 Å². The fourth-order valence-electron chi connectivity index (χ4n) is 1.91. The Balaban J connectivity index is 2.71. The van der Waals surface area contributed by atoms with Gasteiger partial charge in [0, 0.05) is 6.42 Å². The molecule has 0 fully saturated rings. The summed E-state index contributed by atoms with van der Waals surface area (Å²) in [6.07, 6.45) is 6.03. The number of hydrogen-bond acceptors (Lipinski definition) is 4. The van der Waals surface area contributed by atoms with Gasteiger partial charge in [-0.05, 0) is 44.9 Å². The molecule has 0 saturated heterocycles. The number of ether oxygens (including phenoxy) is 2. The fourth-order valence-corrected chi connectivity index (χ4v) is 1.91. The average Bonchev–Trinajstić information content (AvgIpc) is 2.52. The highest BCUT2D eigenvalue weighted by atomic mass is 16.5. The zero-order valence-electron chi connectivity index (χ0n) is 13.8. The van der Waals surface area contributed by atoms with Crippen molar-refractivity contribution in [1.29, 1.82) is 5.26 Å². The summed E-state index contributed by atoms with van der Waals surface area (Å²) in [5.41, 5.74) is 0.0898. The molecule has 1 rings (SSSR count). The zero-order valence-corrected chi connectivity index (χ0v) is 13.8. The third-order valence-corrected chi connectivity index (χ3v) is 2.99. The number of carbonyl (C=O) groups is 1. The SMILES string of the molecule is C#CCOc1ccc(CCC(=O)NC(C)(C)C#N)cc1OCC. The lowest BCUT2D eigenvalue weighted by Crippen LogP contribution is -2.42. The molecule has 0 aromatic heterocycles. The van der Waals surface area contributed by atoms with Gasteiger partial charge in [-0.3, -0.25) is 4.79 Å². The summed E-state index contributed by atoms with van der Waals surface area (Å²) >= 11 is 0. The number of rotatable bonds is 8. The van der Waals surface area contributed by atoms with Crippen molar-refractivity contribution in [1.82, 2.24) is 5.32 Å². The van der Waals surface area contributed by atoms with Crippen molar-refractivity contribution in [3.63, 3.8) is 0 Å². The highest BCUT2D eigenvalue weighted by molar-refractivity contribution is 5.77. The molecule has 5 nitrogen and oxygen atoms in total. The molecule has 0 atom stereocenters. The van der Waals surface area contributed by atoms with E-state index < -0.39 is 5.54 Å². The molecule has 0 unspecified atom stereocenters. The van der Waals surface area contributed by atoms with Crippen LogP contribution in [0.25, 0.3) is 0 Å². The fraction of sp³-hybridized carbons (Fsp3) is 0.444. The van der Waals surface area contributed by atoms with E-state index in [4.69, 9.17) is 21.2 Å². The van der Waals surface area contributed by atoms with Gasteiger partial charge in [0.1, 0.15) is 12.1 Å². The largest absolute Gasteiger partial charge is 0.490 e. The third-order valence-electron chi connectivity index (χ3n) is 2.99. The molecule has 0 spiro atoms. The van der Waals surface area contributed by atoms with Crippen molar-refractivity contribution in [2.24, 2.45) is 0 Å². The van der Waals surface area contributed by atoms with Crippen LogP contribution in [0.5, 0.6) is 11.5 Å². The molecule has 0 heterocycles. The second kappa shape index (κ2) is 8.70. The van der Waals surface area contributed by atoms with Gasteiger partial charge in [-0.15, -0.1) is 6.42 Å². The molecule has 0 saturated carbocycles. The van der Waals surface area contributed by atoms with Crippen molar-refractivity contribution in [3.8, 4) is 29.9 Å². The van der Waals surface area contributed by atoms with Crippen LogP contribution in [0.15, 0.2) is 18.2 Å². The molecule has 0 radical (unpaired) electrons. The Bertz CT molecular complexity index is 624. The average molecular weight is 314 g/mol. The number of nitrogens with one attached hydrogen (secondary N) is 1. The van der Waals surface area contributed by atoms with E-state index in [1.54, 1.807) is 19.9 Å². The molecule has 23 heavy (non-hydrogen) atoms. The van der Waals surface area contributed by atoms with Gasteiger partial charge >= 0.3 is 0 Å². The molecule has 1 N–H and O–H groups in total. The second-order valence-corrected chi connectivity index (χ2v) is 5.49. The number of benzene rings is 1. The second-order valence-electron chi connectivity index (χ2n) is 5.49. The monoisotopic (exact) mass is 314 g/mol. The Morgan fingerprint density at radius 2 is 2.09 bits per heavy atom. The number of nitriles is 1. The van der Waals surface area contributed by atoms with Gasteiger partial charge in [0.25, 0.3) is 0 Å². The van der Waals surface area contributed by atoms with E-state index in [0.717, 1.165) is 5.56 Å². The van der Waals surface area contributed by atoms with Crippen LogP contribution >= 0.6 is 0 Å². The maximum atomic E-state index is 11.9. The predicted octanol–water partition coefficient (Wildman–Crippen LogP) is 2.45. The van der Waals surface area contributed by atoms with Gasteiger partial charge in [0.2, 0.25) is 5.91 Å². The molecule has 1 aromatic carbocycles. The van der Waals surface area contributed by atoms with Crippen molar-refractivity contribution in [2.75, 3.05) is 13.2 Å². The quantitative estimate of drug-likeness (QED) is 0.748. The first-order valence-electron chi connectivity index (χ1n) is 7.46. The molecule has 1 aromatic rings. The Labute approximate surface area is 137 Å². The van der Waals surface area contributed by atoms with E-state index in [1.165, 1.54) is 0 Å². The Kier molecular flexibility index (Phi) is 6.96. The summed E-state index contributed by atoms with van der Waals surface area (Å²) in [7, 11) is 0.